The molecule has 0 fully saturated rings. The number of anilines is 2. The molecule has 0 bridgehead atoms. The summed E-state index contributed by atoms with van der Waals surface area (Å²) in [6.45, 7) is 0.497. The number of nitrogens with zero attached hydrogens (tertiary/aromatic N) is 1. The minimum absolute atomic E-state index is 0.134. The second-order valence-electron chi connectivity index (χ2n) is 6.32. The van der Waals surface area contributed by atoms with Crippen LogP contribution >= 0.6 is 22.9 Å². The fraction of sp³-hybridized carbons (Fsp3) is 0.190. The molecule has 1 aromatic heterocycles. The van der Waals surface area contributed by atoms with E-state index in [-0.39, 0.29) is 12.3 Å². The molecule has 9 heteroatoms. The van der Waals surface area contributed by atoms with E-state index in [1.807, 2.05) is 24.3 Å². The molecule has 2 aromatic carbocycles. The van der Waals surface area contributed by atoms with E-state index in [4.69, 9.17) is 16.3 Å². The normalized spacial score (nSPS) is 10.3. The van der Waals surface area contributed by atoms with Gasteiger partial charge in [-0.3, -0.25) is 10.1 Å². The third kappa shape index (κ3) is 6.47. The number of rotatable bonds is 8. The van der Waals surface area contributed by atoms with Gasteiger partial charge in [0, 0.05) is 22.6 Å². The van der Waals surface area contributed by atoms with E-state index in [0.29, 0.717) is 34.5 Å². The number of nitrogens with one attached hydrogen (secondary N) is 3. The van der Waals surface area contributed by atoms with Crippen molar-refractivity contribution < 1.29 is 14.3 Å². The summed E-state index contributed by atoms with van der Waals surface area (Å²) in [5.41, 5.74) is 2.20. The van der Waals surface area contributed by atoms with Crippen LogP contribution in [0.15, 0.2) is 53.9 Å². The van der Waals surface area contributed by atoms with Crippen LogP contribution in [-0.2, 0) is 17.6 Å². The molecule has 3 amide bonds. The third-order valence-electron chi connectivity index (χ3n) is 4.11. The number of amides is 3. The molecule has 0 aliphatic heterocycles. The smallest absolute Gasteiger partial charge is 0.325 e. The maximum atomic E-state index is 12.2. The van der Waals surface area contributed by atoms with Crippen LogP contribution in [-0.4, -0.2) is 30.6 Å². The number of methoxy groups -OCH3 is 1. The molecule has 3 rings (SSSR count). The summed E-state index contributed by atoms with van der Waals surface area (Å²) < 4.78 is 5.31. The van der Waals surface area contributed by atoms with Gasteiger partial charge in [0.1, 0.15) is 5.75 Å². The summed E-state index contributed by atoms with van der Waals surface area (Å²) in [7, 11) is 1.63. The van der Waals surface area contributed by atoms with Crippen molar-refractivity contribution in [3.8, 4) is 5.75 Å². The number of para-hydroxylation sites is 1. The predicted molar refractivity (Wildman–Crippen MR) is 120 cm³/mol. The highest BCUT2D eigenvalue weighted by Gasteiger charge is 2.10. The zero-order valence-corrected chi connectivity index (χ0v) is 17.8. The van der Waals surface area contributed by atoms with Crippen LogP contribution in [0.25, 0.3) is 0 Å². The van der Waals surface area contributed by atoms with Crippen LogP contribution in [0.2, 0.25) is 5.02 Å². The van der Waals surface area contributed by atoms with Crippen LogP contribution in [0.3, 0.4) is 0 Å². The first kappa shape index (κ1) is 21.6. The van der Waals surface area contributed by atoms with Crippen molar-refractivity contribution in [3.05, 3.63) is 70.2 Å². The quantitative estimate of drug-likeness (QED) is 0.481. The van der Waals surface area contributed by atoms with Gasteiger partial charge in [0.2, 0.25) is 5.91 Å². The lowest BCUT2D eigenvalue weighted by atomic mass is 10.1. The Morgan fingerprint density at radius 3 is 2.77 bits per heavy atom. The second kappa shape index (κ2) is 10.6. The van der Waals surface area contributed by atoms with Gasteiger partial charge in [-0.15, -0.1) is 11.3 Å². The monoisotopic (exact) mass is 444 g/mol. The molecular weight excluding hydrogens is 424 g/mol. The van der Waals surface area contributed by atoms with E-state index >= 15 is 0 Å². The van der Waals surface area contributed by atoms with Crippen LogP contribution in [0, 0.1) is 0 Å². The van der Waals surface area contributed by atoms with Crippen molar-refractivity contribution in [2.24, 2.45) is 0 Å². The van der Waals surface area contributed by atoms with Crippen molar-refractivity contribution in [1.29, 1.82) is 0 Å². The molecule has 156 valence electrons. The van der Waals surface area contributed by atoms with Gasteiger partial charge in [-0.05, 0) is 36.2 Å². The standard InChI is InChI=1S/C21H21ClN4O3S/c1-29-18-8-3-2-5-14(18)9-10-23-19(27)12-17-13-30-21(25-17)26-20(28)24-16-7-4-6-15(22)11-16/h2-8,11,13H,9-10,12H2,1H3,(H,23,27)(H2,24,25,26,28). The molecule has 1 heterocycles. The Morgan fingerprint density at radius 2 is 1.97 bits per heavy atom. The number of urea groups is 1. The van der Waals surface area contributed by atoms with E-state index in [2.05, 4.69) is 20.9 Å². The molecule has 0 saturated heterocycles. The Kier molecular flexibility index (Phi) is 7.64. The molecular formula is C21H21ClN4O3S. The average molecular weight is 445 g/mol. The summed E-state index contributed by atoms with van der Waals surface area (Å²) in [5, 5.41) is 10.9. The topological polar surface area (TPSA) is 92.4 Å². The van der Waals surface area contributed by atoms with Gasteiger partial charge in [-0.25, -0.2) is 9.78 Å². The highest BCUT2D eigenvalue weighted by molar-refractivity contribution is 7.14. The van der Waals surface area contributed by atoms with Gasteiger partial charge >= 0.3 is 6.03 Å². The lowest BCUT2D eigenvalue weighted by Crippen LogP contribution is -2.27. The van der Waals surface area contributed by atoms with Gasteiger partial charge < -0.3 is 15.4 Å². The van der Waals surface area contributed by atoms with Crippen molar-refractivity contribution in [2.75, 3.05) is 24.3 Å². The molecule has 0 aliphatic carbocycles. The highest BCUT2D eigenvalue weighted by Crippen LogP contribution is 2.19. The fourth-order valence-corrected chi connectivity index (χ4v) is 3.64. The Bertz CT molecular complexity index is 1020. The number of thiazole rings is 1. The number of aromatic nitrogens is 1. The SMILES string of the molecule is COc1ccccc1CCNC(=O)Cc1csc(NC(=O)Nc2cccc(Cl)c2)n1. The molecule has 3 aromatic rings. The maximum absolute atomic E-state index is 12.2. The van der Waals surface area contributed by atoms with Gasteiger partial charge in [0.15, 0.2) is 5.13 Å². The van der Waals surface area contributed by atoms with Crippen LogP contribution in [0.4, 0.5) is 15.6 Å². The zero-order chi connectivity index (χ0) is 21.3. The number of hydrogen-bond acceptors (Lipinski definition) is 5. The van der Waals surface area contributed by atoms with Crippen molar-refractivity contribution in [2.45, 2.75) is 12.8 Å². The average Bonchev–Trinajstić information content (AvgIpc) is 3.14. The predicted octanol–water partition coefficient (Wildman–Crippen LogP) is 4.35. The first-order valence-corrected chi connectivity index (χ1v) is 10.5. The van der Waals surface area contributed by atoms with Gasteiger partial charge in [0.25, 0.3) is 0 Å². The zero-order valence-electron chi connectivity index (χ0n) is 16.3. The Labute approximate surface area is 183 Å². The molecule has 0 atom stereocenters. The minimum atomic E-state index is -0.431. The van der Waals surface area contributed by atoms with Gasteiger partial charge in [-0.2, -0.15) is 0 Å². The number of carbonyl (C=O) groups is 2. The first-order chi connectivity index (χ1) is 14.5. The summed E-state index contributed by atoms with van der Waals surface area (Å²) in [6, 6.07) is 14.1. The van der Waals surface area contributed by atoms with Crippen LogP contribution in [0.5, 0.6) is 5.75 Å². The molecule has 3 N–H and O–H groups in total. The van der Waals surface area contributed by atoms with E-state index < -0.39 is 6.03 Å². The number of hydrogen-bond donors (Lipinski definition) is 3. The molecule has 7 nitrogen and oxygen atoms in total. The lowest BCUT2D eigenvalue weighted by molar-refractivity contribution is -0.120. The second-order valence-corrected chi connectivity index (χ2v) is 7.62. The first-order valence-electron chi connectivity index (χ1n) is 9.20. The molecule has 0 unspecified atom stereocenters. The molecule has 0 aliphatic rings. The Balaban J connectivity index is 1.44. The number of ether oxygens (including phenoxy) is 1. The van der Waals surface area contributed by atoms with Gasteiger partial charge in [0.05, 0.1) is 19.2 Å². The fourth-order valence-electron chi connectivity index (χ4n) is 2.74. The summed E-state index contributed by atoms with van der Waals surface area (Å²) in [4.78, 5) is 28.5. The maximum Gasteiger partial charge on any atom is 0.325 e. The van der Waals surface area contributed by atoms with E-state index in [0.717, 1.165) is 11.3 Å². The molecule has 30 heavy (non-hydrogen) atoms. The summed E-state index contributed by atoms with van der Waals surface area (Å²) in [5.74, 6) is 0.670. The van der Waals surface area contributed by atoms with Crippen LogP contribution in [0.1, 0.15) is 11.3 Å². The van der Waals surface area contributed by atoms with Crippen molar-refractivity contribution >= 4 is 45.7 Å². The largest absolute Gasteiger partial charge is 0.496 e. The van der Waals surface area contributed by atoms with E-state index in [1.165, 1.54) is 11.3 Å². The highest BCUT2D eigenvalue weighted by atomic mass is 35.5. The van der Waals surface area contributed by atoms with Crippen molar-refractivity contribution in [3.63, 3.8) is 0 Å². The summed E-state index contributed by atoms with van der Waals surface area (Å²) in [6.07, 6.45) is 0.809. The van der Waals surface area contributed by atoms with E-state index in [1.54, 1.807) is 36.8 Å². The van der Waals surface area contributed by atoms with Gasteiger partial charge in [-0.1, -0.05) is 35.9 Å². The number of benzene rings is 2. The Morgan fingerprint density at radius 1 is 1.13 bits per heavy atom. The molecule has 0 radical (unpaired) electrons. The number of carbonyl (C=O) groups excluding carboxylic acids is 2. The molecule has 0 saturated carbocycles. The molecule has 0 spiro atoms. The summed E-state index contributed by atoms with van der Waals surface area (Å²) >= 11 is 7.15. The minimum Gasteiger partial charge on any atom is -0.496 e. The van der Waals surface area contributed by atoms with Crippen molar-refractivity contribution in [1.82, 2.24) is 10.3 Å². The van der Waals surface area contributed by atoms with Crippen LogP contribution < -0.4 is 20.7 Å². The third-order valence-corrected chi connectivity index (χ3v) is 5.15. The number of halogens is 1. The van der Waals surface area contributed by atoms with E-state index in [9.17, 15) is 9.59 Å². The lowest BCUT2D eigenvalue weighted by Gasteiger charge is -2.08. The Hall–Kier alpha value is -3.10.